The highest BCUT2D eigenvalue weighted by Gasteiger charge is 2.60. The van der Waals surface area contributed by atoms with Crippen LogP contribution in [0.25, 0.3) is 0 Å². The second-order valence-electron chi connectivity index (χ2n) is 8.50. The summed E-state index contributed by atoms with van der Waals surface area (Å²) < 4.78 is 5.67. The molecule has 22 heavy (non-hydrogen) atoms. The molecule has 2 rings (SSSR count). The lowest BCUT2D eigenvalue weighted by Crippen LogP contribution is -2.59. The first-order valence-electron chi connectivity index (χ1n) is 8.43. The van der Waals surface area contributed by atoms with E-state index in [9.17, 15) is 14.7 Å². The summed E-state index contributed by atoms with van der Waals surface area (Å²) in [7, 11) is 0. The van der Waals surface area contributed by atoms with Crippen molar-refractivity contribution in [3.8, 4) is 0 Å². The van der Waals surface area contributed by atoms with Crippen molar-refractivity contribution in [2.75, 3.05) is 0 Å². The quantitative estimate of drug-likeness (QED) is 0.799. The molecule has 0 aliphatic heterocycles. The summed E-state index contributed by atoms with van der Waals surface area (Å²) in [5, 5.41) is 9.43. The lowest BCUT2D eigenvalue weighted by molar-refractivity contribution is -0.202. The van der Waals surface area contributed by atoms with Gasteiger partial charge < -0.3 is 9.84 Å². The number of ether oxygens (including phenoxy) is 1. The third-order valence-electron chi connectivity index (χ3n) is 6.49. The molecule has 0 amide bonds. The van der Waals surface area contributed by atoms with Gasteiger partial charge in [-0.3, -0.25) is 9.59 Å². The van der Waals surface area contributed by atoms with Gasteiger partial charge in [0.1, 0.15) is 5.60 Å². The molecule has 126 valence electrons. The Morgan fingerprint density at radius 2 is 1.77 bits per heavy atom. The van der Waals surface area contributed by atoms with Crippen LogP contribution >= 0.6 is 0 Å². The predicted molar refractivity (Wildman–Crippen MR) is 84.4 cm³/mol. The molecule has 0 aromatic heterocycles. The summed E-state index contributed by atoms with van der Waals surface area (Å²) in [4.78, 5) is 23.0. The Kier molecular flexibility index (Phi) is 4.35. The van der Waals surface area contributed by atoms with Crippen LogP contribution in [-0.2, 0) is 14.3 Å². The minimum atomic E-state index is -0.798. The van der Waals surface area contributed by atoms with E-state index >= 15 is 0 Å². The highest BCUT2D eigenvalue weighted by molar-refractivity contribution is 5.68. The molecule has 2 saturated carbocycles. The van der Waals surface area contributed by atoms with Crippen LogP contribution in [0.3, 0.4) is 0 Å². The van der Waals surface area contributed by atoms with Gasteiger partial charge in [-0.05, 0) is 49.4 Å². The number of carbonyl (C=O) groups excluding carboxylic acids is 1. The minimum Gasteiger partial charge on any atom is -0.481 e. The Bertz CT molecular complexity index is 470. The van der Waals surface area contributed by atoms with Crippen molar-refractivity contribution in [2.45, 2.75) is 78.7 Å². The number of rotatable bonds is 3. The van der Waals surface area contributed by atoms with Gasteiger partial charge in [-0.15, -0.1) is 0 Å². The number of carbonyl (C=O) groups is 2. The second kappa shape index (κ2) is 5.54. The molecule has 0 spiro atoms. The molecule has 0 aromatic rings. The number of aliphatic carboxylic acids is 1. The van der Waals surface area contributed by atoms with E-state index in [1.165, 1.54) is 13.3 Å². The average Bonchev–Trinajstić information content (AvgIpc) is 2.31. The van der Waals surface area contributed by atoms with Gasteiger partial charge in [0.2, 0.25) is 0 Å². The summed E-state index contributed by atoms with van der Waals surface area (Å²) >= 11 is 0. The molecule has 4 atom stereocenters. The maximum absolute atomic E-state index is 11.6. The first-order valence-corrected chi connectivity index (χ1v) is 8.43. The number of fused-ring (bicyclic) bond motifs is 1. The van der Waals surface area contributed by atoms with E-state index in [0.717, 1.165) is 25.7 Å². The number of carboxylic acids is 1. The first-order chi connectivity index (χ1) is 10.0. The van der Waals surface area contributed by atoms with Gasteiger partial charge in [0.15, 0.2) is 0 Å². The van der Waals surface area contributed by atoms with Crippen molar-refractivity contribution >= 4 is 11.9 Å². The number of hydrogen-bond donors (Lipinski definition) is 1. The van der Waals surface area contributed by atoms with E-state index in [0.29, 0.717) is 5.92 Å². The second-order valence-corrected chi connectivity index (χ2v) is 8.50. The molecular weight excluding hydrogens is 280 g/mol. The lowest BCUT2D eigenvalue weighted by Gasteiger charge is -2.61. The van der Waals surface area contributed by atoms with Crippen LogP contribution in [-0.4, -0.2) is 22.6 Å². The van der Waals surface area contributed by atoms with Gasteiger partial charge in [-0.25, -0.2) is 0 Å². The van der Waals surface area contributed by atoms with Gasteiger partial charge in [0.05, 0.1) is 6.42 Å². The Morgan fingerprint density at radius 3 is 2.32 bits per heavy atom. The SMILES string of the molecule is CC(=O)OC1(C)CCC2C(C)(C)CCCC2(C)C1CC(=O)O. The fourth-order valence-corrected chi connectivity index (χ4v) is 5.68. The zero-order chi connectivity index (χ0) is 16.8. The van der Waals surface area contributed by atoms with E-state index in [4.69, 9.17) is 4.74 Å². The molecule has 4 heteroatoms. The number of esters is 1. The van der Waals surface area contributed by atoms with E-state index in [2.05, 4.69) is 20.8 Å². The summed E-state index contributed by atoms with van der Waals surface area (Å²) in [6.07, 6.45) is 5.17. The molecule has 0 heterocycles. The average molecular weight is 310 g/mol. The molecule has 0 bridgehead atoms. The molecule has 0 saturated heterocycles. The smallest absolute Gasteiger partial charge is 0.303 e. The van der Waals surface area contributed by atoms with Crippen molar-refractivity contribution in [1.29, 1.82) is 0 Å². The Labute approximate surface area is 133 Å². The Morgan fingerprint density at radius 1 is 1.14 bits per heavy atom. The third kappa shape index (κ3) is 2.89. The van der Waals surface area contributed by atoms with Crippen molar-refractivity contribution in [3.63, 3.8) is 0 Å². The van der Waals surface area contributed by atoms with Crippen molar-refractivity contribution < 1.29 is 19.4 Å². The van der Waals surface area contributed by atoms with E-state index in [-0.39, 0.29) is 29.1 Å². The maximum atomic E-state index is 11.6. The highest BCUT2D eigenvalue weighted by atomic mass is 16.6. The highest BCUT2D eigenvalue weighted by Crippen LogP contribution is 2.63. The summed E-state index contributed by atoms with van der Waals surface area (Å²) in [6.45, 7) is 10.2. The van der Waals surface area contributed by atoms with E-state index < -0.39 is 11.6 Å². The largest absolute Gasteiger partial charge is 0.481 e. The third-order valence-corrected chi connectivity index (χ3v) is 6.49. The van der Waals surface area contributed by atoms with Gasteiger partial charge in [0.25, 0.3) is 0 Å². The van der Waals surface area contributed by atoms with Crippen LogP contribution in [0.5, 0.6) is 0 Å². The fourth-order valence-electron chi connectivity index (χ4n) is 5.68. The van der Waals surface area contributed by atoms with Crippen LogP contribution in [0, 0.1) is 22.7 Å². The van der Waals surface area contributed by atoms with E-state index in [1.807, 2.05) is 6.92 Å². The fraction of sp³-hybridized carbons (Fsp3) is 0.889. The molecule has 4 unspecified atom stereocenters. The predicted octanol–water partition coefficient (Wildman–Crippen LogP) is 4.03. The van der Waals surface area contributed by atoms with Crippen LogP contribution in [0.2, 0.25) is 0 Å². The molecule has 2 fully saturated rings. The zero-order valence-corrected chi connectivity index (χ0v) is 14.6. The van der Waals surface area contributed by atoms with Crippen LogP contribution in [0.1, 0.15) is 73.1 Å². The van der Waals surface area contributed by atoms with Gasteiger partial charge >= 0.3 is 11.9 Å². The van der Waals surface area contributed by atoms with Crippen molar-refractivity contribution in [1.82, 2.24) is 0 Å². The molecule has 4 nitrogen and oxygen atoms in total. The molecule has 2 aliphatic carbocycles. The van der Waals surface area contributed by atoms with Crippen LogP contribution < -0.4 is 0 Å². The topological polar surface area (TPSA) is 63.6 Å². The molecule has 1 N–H and O–H groups in total. The molecular formula is C18H30O4. The zero-order valence-electron chi connectivity index (χ0n) is 14.6. The number of carboxylic acid groups (broad SMARTS) is 1. The van der Waals surface area contributed by atoms with E-state index in [1.54, 1.807) is 0 Å². The van der Waals surface area contributed by atoms with Crippen LogP contribution in [0.4, 0.5) is 0 Å². The van der Waals surface area contributed by atoms with Crippen molar-refractivity contribution in [3.05, 3.63) is 0 Å². The molecule has 0 aromatic carbocycles. The Hall–Kier alpha value is -1.06. The van der Waals surface area contributed by atoms with Gasteiger partial charge in [-0.2, -0.15) is 0 Å². The van der Waals surface area contributed by atoms with Gasteiger partial charge in [-0.1, -0.05) is 27.2 Å². The lowest BCUT2D eigenvalue weighted by atomic mass is 9.45. The first kappa shape index (κ1) is 17.3. The van der Waals surface area contributed by atoms with Crippen molar-refractivity contribution in [2.24, 2.45) is 22.7 Å². The molecule has 2 aliphatic rings. The van der Waals surface area contributed by atoms with Crippen LogP contribution in [0.15, 0.2) is 0 Å². The Balaban J connectivity index is 2.43. The maximum Gasteiger partial charge on any atom is 0.303 e. The molecule has 0 radical (unpaired) electrons. The standard InChI is InChI=1S/C18H30O4/c1-12(19)22-18(5)10-7-13-16(2,3)8-6-9-17(13,4)14(18)11-15(20)21/h13-14H,6-11H2,1-5H3,(H,20,21). The summed E-state index contributed by atoms with van der Waals surface area (Å²) in [5.41, 5.74) is -0.521. The minimum absolute atomic E-state index is 0.0762. The van der Waals surface area contributed by atoms with Gasteiger partial charge in [0, 0.05) is 12.8 Å². The monoisotopic (exact) mass is 310 g/mol. The number of hydrogen-bond acceptors (Lipinski definition) is 3. The normalized spacial score (nSPS) is 40.6. The summed E-state index contributed by atoms with van der Waals surface area (Å²) in [5.74, 6) is -0.745. The summed E-state index contributed by atoms with van der Waals surface area (Å²) in [6, 6.07) is 0.